The molecule has 0 saturated carbocycles. The van der Waals surface area contributed by atoms with Crippen LogP contribution in [-0.2, 0) is 11.2 Å². The van der Waals surface area contributed by atoms with Crippen molar-refractivity contribution in [1.82, 2.24) is 0 Å². The lowest BCUT2D eigenvalue weighted by Gasteiger charge is -2.20. The van der Waals surface area contributed by atoms with Crippen molar-refractivity contribution in [3.05, 3.63) is 59.7 Å². The number of carbonyl (C=O) groups is 2. The largest absolute Gasteiger partial charge is 0.497 e. The average molecular weight is 310 g/mol. The minimum Gasteiger partial charge on any atom is -0.497 e. The van der Waals surface area contributed by atoms with Crippen molar-refractivity contribution < 1.29 is 14.3 Å². The van der Waals surface area contributed by atoms with E-state index in [0.717, 1.165) is 10.6 Å². The van der Waals surface area contributed by atoms with Crippen molar-refractivity contribution in [3.63, 3.8) is 0 Å². The number of hydrogen-bond donors (Lipinski definition) is 1. The van der Waals surface area contributed by atoms with E-state index in [9.17, 15) is 9.59 Å². The van der Waals surface area contributed by atoms with Gasteiger partial charge in [-0.2, -0.15) is 0 Å². The Morgan fingerprint density at radius 2 is 1.87 bits per heavy atom. The van der Waals surface area contributed by atoms with Crippen molar-refractivity contribution in [2.45, 2.75) is 12.8 Å². The number of ether oxygens (including phenoxy) is 1. The van der Waals surface area contributed by atoms with Gasteiger partial charge in [0.1, 0.15) is 11.7 Å². The van der Waals surface area contributed by atoms with E-state index in [1.807, 2.05) is 18.2 Å². The molecular formula is C18H18N2O3. The third kappa shape index (κ3) is 2.83. The number of hydrogen-bond acceptors (Lipinski definition) is 4. The first-order valence-electron chi connectivity index (χ1n) is 7.46. The molecule has 0 aromatic heterocycles. The van der Waals surface area contributed by atoms with Crippen LogP contribution in [0.15, 0.2) is 48.5 Å². The first-order chi connectivity index (χ1) is 11.1. The minimum atomic E-state index is -0.763. The molecule has 0 radical (unpaired) electrons. The summed E-state index contributed by atoms with van der Waals surface area (Å²) in [7, 11) is 1.56. The highest BCUT2D eigenvalue weighted by Gasteiger charge is 2.34. The van der Waals surface area contributed by atoms with Crippen LogP contribution in [0.1, 0.15) is 22.3 Å². The third-order valence-corrected chi connectivity index (χ3v) is 4.18. The lowest BCUT2D eigenvalue weighted by atomic mass is 9.92. The SMILES string of the molecule is COc1ccc(C(=O)C2CCc3ccccc3N(N)C2=O)cc1. The summed E-state index contributed by atoms with van der Waals surface area (Å²) >= 11 is 0. The number of nitrogens with two attached hydrogens (primary N) is 1. The molecule has 1 aliphatic heterocycles. The van der Waals surface area contributed by atoms with Gasteiger partial charge in [0.2, 0.25) is 0 Å². The maximum atomic E-state index is 12.7. The van der Waals surface area contributed by atoms with Gasteiger partial charge in [-0.15, -0.1) is 0 Å². The molecule has 118 valence electrons. The Balaban J connectivity index is 1.88. The second-order valence-corrected chi connectivity index (χ2v) is 5.52. The zero-order valence-electron chi connectivity index (χ0n) is 12.9. The van der Waals surface area contributed by atoms with Crippen molar-refractivity contribution in [1.29, 1.82) is 0 Å². The van der Waals surface area contributed by atoms with Crippen LogP contribution in [0.2, 0.25) is 0 Å². The predicted octanol–water partition coefficient (Wildman–Crippen LogP) is 2.35. The Labute approximate surface area is 134 Å². The molecule has 1 atom stereocenters. The van der Waals surface area contributed by atoms with Gasteiger partial charge >= 0.3 is 0 Å². The minimum absolute atomic E-state index is 0.207. The molecule has 0 bridgehead atoms. The second kappa shape index (κ2) is 6.22. The van der Waals surface area contributed by atoms with Gasteiger partial charge in [-0.25, -0.2) is 10.9 Å². The summed E-state index contributed by atoms with van der Waals surface area (Å²) < 4.78 is 5.09. The molecule has 2 N–H and O–H groups in total. The fraction of sp³-hybridized carbons (Fsp3) is 0.222. The number of rotatable bonds is 3. The molecule has 5 heteroatoms. The van der Waals surface area contributed by atoms with E-state index in [4.69, 9.17) is 10.6 Å². The quantitative estimate of drug-likeness (QED) is 0.409. The van der Waals surface area contributed by atoms with Crippen LogP contribution in [0.4, 0.5) is 5.69 Å². The number of benzene rings is 2. The Morgan fingerprint density at radius 3 is 2.57 bits per heavy atom. The number of aryl methyl sites for hydroxylation is 1. The number of ketones is 1. The summed E-state index contributed by atoms with van der Waals surface area (Å²) in [4.78, 5) is 25.3. The number of Topliss-reactive ketones (excluding diaryl/α,β-unsaturated/α-hetero) is 1. The molecule has 2 aromatic rings. The predicted molar refractivity (Wildman–Crippen MR) is 87.3 cm³/mol. The number of para-hydroxylation sites is 1. The van der Waals surface area contributed by atoms with Crippen LogP contribution in [0.5, 0.6) is 5.75 Å². The van der Waals surface area contributed by atoms with E-state index < -0.39 is 5.92 Å². The number of nitrogens with zero attached hydrogens (tertiary/aromatic N) is 1. The van der Waals surface area contributed by atoms with Gasteiger partial charge < -0.3 is 4.74 Å². The van der Waals surface area contributed by atoms with Crippen molar-refractivity contribution >= 4 is 17.4 Å². The molecule has 1 amide bonds. The monoisotopic (exact) mass is 310 g/mol. The first kappa shape index (κ1) is 15.2. The summed E-state index contributed by atoms with van der Waals surface area (Å²) in [5, 5.41) is 1.11. The first-order valence-corrected chi connectivity index (χ1v) is 7.46. The van der Waals surface area contributed by atoms with Gasteiger partial charge in [0.15, 0.2) is 5.78 Å². The summed E-state index contributed by atoms with van der Waals surface area (Å²) in [6.45, 7) is 0. The topological polar surface area (TPSA) is 72.6 Å². The molecule has 23 heavy (non-hydrogen) atoms. The maximum absolute atomic E-state index is 12.7. The molecule has 1 unspecified atom stereocenters. The summed E-state index contributed by atoms with van der Waals surface area (Å²) in [5.41, 5.74) is 2.14. The van der Waals surface area contributed by atoms with Crippen LogP contribution in [0.25, 0.3) is 0 Å². The lowest BCUT2D eigenvalue weighted by molar-refractivity contribution is -0.121. The Kier molecular flexibility index (Phi) is 4.12. The van der Waals surface area contributed by atoms with Crippen LogP contribution < -0.4 is 15.6 Å². The molecule has 0 spiro atoms. The van der Waals surface area contributed by atoms with Gasteiger partial charge in [-0.3, -0.25) is 9.59 Å². The Morgan fingerprint density at radius 1 is 1.17 bits per heavy atom. The summed E-state index contributed by atoms with van der Waals surface area (Å²) in [6.07, 6.45) is 1.09. The molecular weight excluding hydrogens is 292 g/mol. The maximum Gasteiger partial charge on any atom is 0.252 e. The molecule has 0 aliphatic carbocycles. The van der Waals surface area contributed by atoms with E-state index in [1.165, 1.54) is 0 Å². The molecule has 0 saturated heterocycles. The molecule has 5 nitrogen and oxygen atoms in total. The van der Waals surface area contributed by atoms with E-state index >= 15 is 0 Å². The molecule has 1 heterocycles. The highest BCUT2D eigenvalue weighted by atomic mass is 16.5. The highest BCUT2D eigenvalue weighted by molar-refractivity contribution is 6.14. The second-order valence-electron chi connectivity index (χ2n) is 5.52. The molecule has 1 aliphatic rings. The van der Waals surface area contributed by atoms with E-state index in [-0.39, 0.29) is 11.7 Å². The number of hydrazine groups is 1. The molecule has 3 rings (SSSR count). The van der Waals surface area contributed by atoms with Crippen molar-refractivity contribution in [2.75, 3.05) is 12.1 Å². The zero-order chi connectivity index (χ0) is 16.4. The van der Waals surface area contributed by atoms with Crippen molar-refractivity contribution in [2.24, 2.45) is 11.8 Å². The van der Waals surface area contributed by atoms with Gasteiger partial charge in [0.05, 0.1) is 12.8 Å². The van der Waals surface area contributed by atoms with Crippen molar-refractivity contribution in [3.8, 4) is 5.75 Å². The zero-order valence-corrected chi connectivity index (χ0v) is 12.9. The Hall–Kier alpha value is -2.66. The third-order valence-electron chi connectivity index (χ3n) is 4.18. The summed E-state index contributed by atoms with van der Waals surface area (Å²) in [6, 6.07) is 14.2. The highest BCUT2D eigenvalue weighted by Crippen LogP contribution is 2.29. The summed E-state index contributed by atoms with van der Waals surface area (Å²) in [5.74, 6) is 5.29. The van der Waals surface area contributed by atoms with Crippen LogP contribution >= 0.6 is 0 Å². The van der Waals surface area contributed by atoms with E-state index in [0.29, 0.717) is 29.8 Å². The molecule has 0 fully saturated rings. The number of amides is 1. The Bertz CT molecular complexity index is 740. The van der Waals surface area contributed by atoms with Crippen LogP contribution in [0.3, 0.4) is 0 Å². The number of fused-ring (bicyclic) bond motifs is 1. The fourth-order valence-corrected chi connectivity index (χ4v) is 2.87. The number of anilines is 1. The lowest BCUT2D eigenvalue weighted by Crippen LogP contribution is -2.43. The number of methoxy groups -OCH3 is 1. The number of carbonyl (C=O) groups excluding carboxylic acids is 2. The van der Waals surface area contributed by atoms with Crippen LogP contribution in [0, 0.1) is 5.92 Å². The van der Waals surface area contributed by atoms with Gasteiger partial charge in [-0.05, 0) is 48.7 Å². The normalized spacial score (nSPS) is 17.4. The van der Waals surface area contributed by atoms with Gasteiger partial charge in [0.25, 0.3) is 5.91 Å². The van der Waals surface area contributed by atoms with Crippen LogP contribution in [-0.4, -0.2) is 18.8 Å². The van der Waals surface area contributed by atoms with Gasteiger partial charge in [-0.1, -0.05) is 18.2 Å². The van der Waals surface area contributed by atoms with E-state index in [2.05, 4.69) is 0 Å². The van der Waals surface area contributed by atoms with E-state index in [1.54, 1.807) is 37.4 Å². The molecule has 2 aromatic carbocycles. The average Bonchev–Trinajstić information content (AvgIpc) is 2.72. The van der Waals surface area contributed by atoms with Gasteiger partial charge in [0, 0.05) is 5.56 Å². The fourth-order valence-electron chi connectivity index (χ4n) is 2.87. The smallest absolute Gasteiger partial charge is 0.252 e. The standard InChI is InChI=1S/C18H18N2O3/c1-23-14-9-6-13(7-10-14)17(21)15-11-8-12-4-2-3-5-16(12)20(19)18(15)22/h2-7,9-10,15H,8,11,19H2,1H3.